The predicted molar refractivity (Wildman–Crippen MR) is 123 cm³/mol. The molecule has 0 N–H and O–H groups in total. The first kappa shape index (κ1) is 21.1. The molecule has 0 spiro atoms. The second-order valence-corrected chi connectivity index (χ2v) is 8.68. The highest BCUT2D eigenvalue weighted by molar-refractivity contribution is 7.98. The van der Waals surface area contributed by atoms with E-state index in [2.05, 4.69) is 56.9 Å². The second-order valence-electron chi connectivity index (χ2n) is 7.74. The maximum atomic E-state index is 5.94. The quantitative estimate of drug-likeness (QED) is 0.307. The molecule has 0 aliphatic rings. The number of rotatable bonds is 7. The van der Waals surface area contributed by atoms with Crippen molar-refractivity contribution in [2.75, 3.05) is 0 Å². The van der Waals surface area contributed by atoms with Crippen LogP contribution in [0.1, 0.15) is 37.0 Å². The zero-order chi connectivity index (χ0) is 22.8. The number of hydrogen-bond acceptors (Lipinski definition) is 9. The van der Waals surface area contributed by atoms with E-state index in [0.29, 0.717) is 45.6 Å². The van der Waals surface area contributed by atoms with Gasteiger partial charge in [0.05, 0.1) is 11.4 Å². The van der Waals surface area contributed by atoms with Gasteiger partial charge in [0.1, 0.15) is 17.0 Å². The number of thioether (sulfide) groups is 1. The van der Waals surface area contributed by atoms with Crippen LogP contribution in [0.15, 0.2) is 68.7 Å². The Bertz CT molecular complexity index is 1360. The van der Waals surface area contributed by atoms with Crippen LogP contribution < -0.4 is 0 Å². The van der Waals surface area contributed by atoms with Crippen LogP contribution in [0.25, 0.3) is 28.4 Å². The molecule has 3 heterocycles. The summed E-state index contributed by atoms with van der Waals surface area (Å²) in [5.41, 5.74) is 4.44. The largest absolute Gasteiger partial charge is 0.420 e. The average molecular weight is 460 g/mol. The summed E-state index contributed by atoms with van der Waals surface area (Å²) >= 11 is 1.42. The Labute approximate surface area is 194 Å². The topological polar surface area (TPSA) is 109 Å². The van der Waals surface area contributed by atoms with Gasteiger partial charge in [-0.1, -0.05) is 73.2 Å². The van der Waals surface area contributed by atoms with E-state index in [4.69, 9.17) is 8.94 Å². The fourth-order valence-corrected chi connectivity index (χ4v) is 4.12. The SMILES string of the molecule is Cc1onc(-c2ccccc2)c1-c1nnc(CSc2nnnn2-c2ccc(C(C)C)cc2)o1. The maximum absolute atomic E-state index is 5.94. The molecule has 5 rings (SSSR count). The van der Waals surface area contributed by atoms with Crippen molar-refractivity contribution in [3.8, 4) is 28.4 Å². The number of tetrazole rings is 1. The third-order valence-corrected chi connectivity index (χ3v) is 6.06. The fourth-order valence-electron chi connectivity index (χ4n) is 3.39. The Hall–Kier alpha value is -3.79. The monoisotopic (exact) mass is 459 g/mol. The van der Waals surface area contributed by atoms with Gasteiger partial charge in [0.25, 0.3) is 5.89 Å². The molecule has 0 saturated heterocycles. The van der Waals surface area contributed by atoms with Gasteiger partial charge in [-0.15, -0.1) is 15.3 Å². The summed E-state index contributed by atoms with van der Waals surface area (Å²) in [4.78, 5) is 0. The van der Waals surface area contributed by atoms with E-state index in [-0.39, 0.29) is 0 Å². The normalized spacial score (nSPS) is 11.4. The van der Waals surface area contributed by atoms with Gasteiger partial charge >= 0.3 is 0 Å². The Morgan fingerprint density at radius 3 is 2.52 bits per heavy atom. The molecule has 33 heavy (non-hydrogen) atoms. The molecule has 9 nitrogen and oxygen atoms in total. The van der Waals surface area contributed by atoms with E-state index in [1.165, 1.54) is 17.3 Å². The van der Waals surface area contributed by atoms with Crippen molar-refractivity contribution in [2.24, 2.45) is 0 Å². The van der Waals surface area contributed by atoms with Crippen molar-refractivity contribution in [3.63, 3.8) is 0 Å². The van der Waals surface area contributed by atoms with Crippen molar-refractivity contribution < 1.29 is 8.94 Å². The van der Waals surface area contributed by atoms with Crippen molar-refractivity contribution in [2.45, 2.75) is 37.6 Å². The Morgan fingerprint density at radius 2 is 1.76 bits per heavy atom. The van der Waals surface area contributed by atoms with E-state index in [1.807, 2.05) is 49.4 Å². The molecule has 0 aliphatic heterocycles. The summed E-state index contributed by atoms with van der Waals surface area (Å²) in [5.74, 6) is 2.32. The van der Waals surface area contributed by atoms with Crippen LogP contribution in [0.2, 0.25) is 0 Å². The number of aryl methyl sites for hydroxylation is 1. The van der Waals surface area contributed by atoms with Gasteiger partial charge in [0, 0.05) is 5.56 Å². The first-order chi connectivity index (χ1) is 16.1. The Morgan fingerprint density at radius 1 is 0.970 bits per heavy atom. The molecule has 166 valence electrons. The van der Waals surface area contributed by atoms with Gasteiger partial charge in [-0.05, 0) is 41.0 Å². The van der Waals surface area contributed by atoms with E-state index in [9.17, 15) is 0 Å². The van der Waals surface area contributed by atoms with Gasteiger partial charge in [-0.3, -0.25) is 0 Å². The lowest BCUT2D eigenvalue weighted by atomic mass is 10.0. The molecule has 0 aliphatic carbocycles. The lowest BCUT2D eigenvalue weighted by Crippen LogP contribution is -2.00. The smallest absolute Gasteiger partial charge is 0.253 e. The molecule has 0 radical (unpaired) electrons. The van der Waals surface area contributed by atoms with Crippen LogP contribution in [0.4, 0.5) is 0 Å². The number of aromatic nitrogens is 7. The second kappa shape index (κ2) is 8.99. The third-order valence-electron chi connectivity index (χ3n) is 5.16. The first-order valence-electron chi connectivity index (χ1n) is 10.5. The van der Waals surface area contributed by atoms with Crippen LogP contribution in [0.3, 0.4) is 0 Å². The molecule has 5 aromatic rings. The minimum absolute atomic E-state index is 0.368. The summed E-state index contributed by atoms with van der Waals surface area (Å²) in [6, 6.07) is 18.0. The Kier molecular flexibility index (Phi) is 5.74. The fraction of sp³-hybridized carbons (Fsp3) is 0.217. The van der Waals surface area contributed by atoms with Crippen LogP contribution in [-0.4, -0.2) is 35.6 Å². The van der Waals surface area contributed by atoms with Crippen LogP contribution in [0.5, 0.6) is 0 Å². The molecule has 0 saturated carbocycles. The maximum Gasteiger partial charge on any atom is 0.253 e. The molecule has 2 aromatic carbocycles. The van der Waals surface area contributed by atoms with Crippen molar-refractivity contribution >= 4 is 11.8 Å². The van der Waals surface area contributed by atoms with Crippen molar-refractivity contribution in [3.05, 3.63) is 71.8 Å². The van der Waals surface area contributed by atoms with Crippen molar-refractivity contribution in [1.29, 1.82) is 0 Å². The molecule has 10 heteroatoms. The van der Waals surface area contributed by atoms with E-state index in [1.54, 1.807) is 4.68 Å². The number of hydrogen-bond donors (Lipinski definition) is 0. The summed E-state index contributed by atoms with van der Waals surface area (Å²) in [7, 11) is 0. The summed E-state index contributed by atoms with van der Waals surface area (Å²) in [6.07, 6.45) is 0. The Balaban J connectivity index is 1.34. The summed E-state index contributed by atoms with van der Waals surface area (Å²) < 4.78 is 13.0. The summed E-state index contributed by atoms with van der Waals surface area (Å²) in [6.45, 7) is 6.15. The molecular formula is C23H21N7O2S. The highest BCUT2D eigenvalue weighted by Crippen LogP contribution is 2.34. The summed E-state index contributed by atoms with van der Waals surface area (Å²) in [5, 5.41) is 25.3. The third kappa shape index (κ3) is 4.29. The van der Waals surface area contributed by atoms with Crippen LogP contribution in [0, 0.1) is 6.92 Å². The van der Waals surface area contributed by atoms with E-state index < -0.39 is 0 Å². The van der Waals surface area contributed by atoms with Gasteiger partial charge in [-0.2, -0.15) is 4.68 Å². The predicted octanol–water partition coefficient (Wildman–Crippen LogP) is 5.09. The minimum Gasteiger partial charge on any atom is -0.420 e. The van der Waals surface area contributed by atoms with Crippen molar-refractivity contribution in [1.82, 2.24) is 35.6 Å². The molecule has 0 fully saturated rings. The van der Waals surface area contributed by atoms with Gasteiger partial charge in [0.15, 0.2) is 0 Å². The highest BCUT2D eigenvalue weighted by atomic mass is 32.2. The van der Waals surface area contributed by atoms with E-state index in [0.717, 1.165) is 11.3 Å². The van der Waals surface area contributed by atoms with Gasteiger partial charge in [0.2, 0.25) is 11.0 Å². The zero-order valence-corrected chi connectivity index (χ0v) is 19.2. The molecular weight excluding hydrogens is 438 g/mol. The lowest BCUT2D eigenvalue weighted by Gasteiger charge is -2.07. The molecule has 0 atom stereocenters. The zero-order valence-electron chi connectivity index (χ0n) is 18.3. The minimum atomic E-state index is 0.368. The van der Waals surface area contributed by atoms with Crippen LogP contribution in [-0.2, 0) is 5.75 Å². The molecule has 0 unspecified atom stereocenters. The van der Waals surface area contributed by atoms with Gasteiger partial charge < -0.3 is 8.94 Å². The van der Waals surface area contributed by atoms with Gasteiger partial charge in [-0.25, -0.2) is 0 Å². The van der Waals surface area contributed by atoms with E-state index >= 15 is 0 Å². The lowest BCUT2D eigenvalue weighted by molar-refractivity contribution is 0.399. The number of nitrogens with zero attached hydrogens (tertiary/aromatic N) is 7. The molecule has 3 aromatic heterocycles. The first-order valence-corrected chi connectivity index (χ1v) is 11.4. The van der Waals surface area contributed by atoms with Crippen LogP contribution >= 0.6 is 11.8 Å². The standard InChI is InChI=1S/C23H21N7O2S/c1-14(2)16-9-11-18(12-10-16)30-23(26-28-29-30)33-13-19-24-25-22(31-19)20-15(3)32-27-21(20)17-7-5-4-6-8-17/h4-12,14H,13H2,1-3H3. The molecule has 0 amide bonds. The average Bonchev–Trinajstić information content (AvgIpc) is 3.58. The number of benzene rings is 2. The molecule has 0 bridgehead atoms. The highest BCUT2D eigenvalue weighted by Gasteiger charge is 2.22.